The molecule has 1 saturated heterocycles. The molecule has 1 aromatic rings. The minimum atomic E-state index is 0.251. The molecule has 18 heavy (non-hydrogen) atoms. The van der Waals surface area contributed by atoms with Gasteiger partial charge >= 0.3 is 0 Å². The van der Waals surface area contributed by atoms with Crippen LogP contribution in [0.1, 0.15) is 19.4 Å². The number of nitrogens with one attached hydrogen (secondary N) is 1. The fourth-order valence-electron chi connectivity index (χ4n) is 2.54. The Hall–Kier alpha value is -1.55. The second-order valence-corrected chi connectivity index (χ2v) is 4.93. The molecule has 0 radical (unpaired) electrons. The van der Waals surface area contributed by atoms with Crippen molar-refractivity contribution in [3.63, 3.8) is 0 Å². The molecule has 0 unspecified atom stereocenters. The molecule has 1 aliphatic rings. The van der Waals surface area contributed by atoms with E-state index < -0.39 is 0 Å². The van der Waals surface area contributed by atoms with E-state index in [0.717, 1.165) is 18.8 Å². The third-order valence-electron chi connectivity index (χ3n) is 3.18. The molecule has 4 heteroatoms. The second kappa shape index (κ2) is 5.40. The van der Waals surface area contributed by atoms with Crippen LogP contribution in [-0.2, 0) is 9.53 Å². The van der Waals surface area contributed by atoms with Gasteiger partial charge in [-0.1, -0.05) is 0 Å². The number of nitrogens with zero attached hydrogens (tertiary/aromatic N) is 1. The highest BCUT2D eigenvalue weighted by atomic mass is 16.5. The van der Waals surface area contributed by atoms with Gasteiger partial charge in [0.2, 0.25) is 6.41 Å². The maximum Gasteiger partial charge on any atom is 0.211 e. The normalized spacial score (nSPS) is 23.8. The Kier molecular flexibility index (Phi) is 3.87. The first-order chi connectivity index (χ1) is 8.60. The maximum absolute atomic E-state index is 10.4. The number of benzene rings is 1. The second-order valence-electron chi connectivity index (χ2n) is 4.93. The quantitative estimate of drug-likeness (QED) is 0.834. The molecule has 0 spiro atoms. The third-order valence-corrected chi connectivity index (χ3v) is 3.18. The van der Waals surface area contributed by atoms with E-state index >= 15 is 0 Å². The Balaban J connectivity index is 2.19. The molecule has 1 N–H and O–H groups in total. The molecule has 0 bridgehead atoms. The van der Waals surface area contributed by atoms with Crippen molar-refractivity contribution in [2.24, 2.45) is 0 Å². The molecule has 1 aliphatic heterocycles. The van der Waals surface area contributed by atoms with Gasteiger partial charge in [-0.05, 0) is 44.5 Å². The van der Waals surface area contributed by atoms with Gasteiger partial charge in [0, 0.05) is 24.5 Å². The summed E-state index contributed by atoms with van der Waals surface area (Å²) in [6.07, 6.45) is 1.20. The summed E-state index contributed by atoms with van der Waals surface area (Å²) in [7, 11) is 0. The van der Waals surface area contributed by atoms with Gasteiger partial charge in [0.15, 0.2) is 0 Å². The van der Waals surface area contributed by atoms with Crippen molar-refractivity contribution >= 4 is 17.8 Å². The molecular formula is C14H20N2O2. The van der Waals surface area contributed by atoms with Gasteiger partial charge in [0.1, 0.15) is 0 Å². The first-order valence-corrected chi connectivity index (χ1v) is 6.31. The fourth-order valence-corrected chi connectivity index (χ4v) is 2.54. The Morgan fingerprint density at radius 2 is 2.00 bits per heavy atom. The van der Waals surface area contributed by atoms with E-state index in [0.29, 0.717) is 6.41 Å². The van der Waals surface area contributed by atoms with Gasteiger partial charge in [0.25, 0.3) is 0 Å². The molecule has 0 aliphatic carbocycles. The first kappa shape index (κ1) is 12.9. The maximum atomic E-state index is 10.4. The number of aryl methyl sites for hydroxylation is 1. The minimum Gasteiger partial charge on any atom is -0.372 e. The monoisotopic (exact) mass is 248 g/mol. The largest absolute Gasteiger partial charge is 0.372 e. The van der Waals surface area contributed by atoms with Crippen LogP contribution in [0.15, 0.2) is 18.2 Å². The number of anilines is 2. The molecule has 0 saturated carbocycles. The van der Waals surface area contributed by atoms with Crippen LogP contribution in [0.2, 0.25) is 0 Å². The number of amides is 1. The Morgan fingerprint density at radius 1 is 1.33 bits per heavy atom. The van der Waals surface area contributed by atoms with Crippen LogP contribution in [0, 0.1) is 6.92 Å². The Labute approximate surface area is 108 Å². The lowest BCUT2D eigenvalue weighted by Crippen LogP contribution is -2.45. The van der Waals surface area contributed by atoms with E-state index in [-0.39, 0.29) is 12.2 Å². The lowest BCUT2D eigenvalue weighted by Gasteiger charge is -2.37. The summed E-state index contributed by atoms with van der Waals surface area (Å²) >= 11 is 0. The van der Waals surface area contributed by atoms with Crippen LogP contribution in [0.25, 0.3) is 0 Å². The highest BCUT2D eigenvalue weighted by Gasteiger charge is 2.23. The number of morpholine rings is 1. The smallest absolute Gasteiger partial charge is 0.211 e. The summed E-state index contributed by atoms with van der Waals surface area (Å²) in [5, 5.41) is 2.67. The summed E-state index contributed by atoms with van der Waals surface area (Å²) in [5.41, 5.74) is 3.22. The third kappa shape index (κ3) is 2.82. The standard InChI is InChI=1S/C14H20N2O2/c1-10-6-13(15-9-17)4-5-14(10)16-7-11(2)18-12(3)8-16/h4-6,9,11-12H,7-8H2,1-3H3,(H,15,17)/t11-,12+. The SMILES string of the molecule is Cc1cc(NC=O)ccc1N1C[C@@H](C)O[C@@H](C)C1. The predicted molar refractivity (Wildman–Crippen MR) is 73.1 cm³/mol. The zero-order valence-corrected chi connectivity index (χ0v) is 11.1. The van der Waals surface area contributed by atoms with Crippen molar-refractivity contribution in [1.29, 1.82) is 0 Å². The zero-order valence-electron chi connectivity index (χ0n) is 11.1. The van der Waals surface area contributed by atoms with Crippen LogP contribution in [0.4, 0.5) is 11.4 Å². The summed E-state index contributed by atoms with van der Waals surface area (Å²) in [4.78, 5) is 12.8. The average molecular weight is 248 g/mol. The minimum absolute atomic E-state index is 0.251. The van der Waals surface area contributed by atoms with E-state index in [4.69, 9.17) is 4.74 Å². The van der Waals surface area contributed by atoms with Gasteiger partial charge in [0.05, 0.1) is 12.2 Å². The zero-order chi connectivity index (χ0) is 13.1. The average Bonchev–Trinajstić information content (AvgIpc) is 2.28. The van der Waals surface area contributed by atoms with Crippen molar-refractivity contribution in [1.82, 2.24) is 0 Å². The fraction of sp³-hybridized carbons (Fsp3) is 0.500. The summed E-state index contributed by atoms with van der Waals surface area (Å²) in [5.74, 6) is 0. The molecule has 2 rings (SSSR count). The van der Waals surface area contributed by atoms with Crippen LogP contribution in [-0.4, -0.2) is 31.7 Å². The van der Waals surface area contributed by atoms with Gasteiger partial charge in [-0.15, -0.1) is 0 Å². The number of ether oxygens (including phenoxy) is 1. The Morgan fingerprint density at radius 3 is 2.56 bits per heavy atom. The summed E-state index contributed by atoms with van der Waals surface area (Å²) in [6.45, 7) is 8.08. The predicted octanol–water partition coefficient (Wildman–Crippen LogP) is 2.18. The van der Waals surface area contributed by atoms with Crippen LogP contribution >= 0.6 is 0 Å². The number of hydrogen-bond acceptors (Lipinski definition) is 3. The molecule has 4 nitrogen and oxygen atoms in total. The molecule has 0 aromatic heterocycles. The lowest BCUT2D eigenvalue weighted by molar-refractivity contribution is -0.105. The van der Waals surface area contributed by atoms with E-state index in [1.54, 1.807) is 0 Å². The molecule has 1 amide bonds. The molecule has 1 aromatic carbocycles. The lowest BCUT2D eigenvalue weighted by atomic mass is 10.1. The van der Waals surface area contributed by atoms with Crippen molar-refractivity contribution in [2.45, 2.75) is 33.0 Å². The van der Waals surface area contributed by atoms with E-state index in [1.807, 2.05) is 12.1 Å². The molecule has 2 atom stereocenters. The molecular weight excluding hydrogens is 228 g/mol. The van der Waals surface area contributed by atoms with Crippen molar-refractivity contribution in [3.05, 3.63) is 23.8 Å². The van der Waals surface area contributed by atoms with Gasteiger partial charge in [-0.3, -0.25) is 4.79 Å². The molecule has 98 valence electrons. The van der Waals surface area contributed by atoms with Crippen LogP contribution in [0.5, 0.6) is 0 Å². The number of carbonyl (C=O) groups is 1. The first-order valence-electron chi connectivity index (χ1n) is 6.31. The summed E-state index contributed by atoms with van der Waals surface area (Å²) < 4.78 is 5.74. The van der Waals surface area contributed by atoms with Crippen LogP contribution < -0.4 is 10.2 Å². The van der Waals surface area contributed by atoms with Gasteiger partial charge < -0.3 is 15.0 Å². The Bertz CT molecular complexity index is 424. The summed E-state index contributed by atoms with van der Waals surface area (Å²) in [6, 6.07) is 5.99. The number of hydrogen-bond donors (Lipinski definition) is 1. The van der Waals surface area contributed by atoms with E-state index in [9.17, 15) is 4.79 Å². The van der Waals surface area contributed by atoms with Gasteiger partial charge in [-0.2, -0.15) is 0 Å². The van der Waals surface area contributed by atoms with Crippen LogP contribution in [0.3, 0.4) is 0 Å². The van der Waals surface area contributed by atoms with E-state index in [1.165, 1.54) is 11.3 Å². The highest BCUT2D eigenvalue weighted by Crippen LogP contribution is 2.26. The van der Waals surface area contributed by atoms with Crippen molar-refractivity contribution in [3.8, 4) is 0 Å². The molecule has 1 fully saturated rings. The number of rotatable bonds is 3. The van der Waals surface area contributed by atoms with Gasteiger partial charge in [-0.25, -0.2) is 0 Å². The highest BCUT2D eigenvalue weighted by molar-refractivity contribution is 5.73. The molecule has 1 heterocycles. The van der Waals surface area contributed by atoms with Crippen molar-refractivity contribution in [2.75, 3.05) is 23.3 Å². The van der Waals surface area contributed by atoms with Crippen molar-refractivity contribution < 1.29 is 9.53 Å². The topological polar surface area (TPSA) is 41.6 Å². The van der Waals surface area contributed by atoms with E-state index in [2.05, 4.69) is 37.1 Å². The number of carbonyl (C=O) groups excluding carboxylic acids is 1.